The van der Waals surface area contributed by atoms with Crippen LogP contribution in [0, 0.1) is 20.8 Å². The first-order valence-electron chi connectivity index (χ1n) is 6.28. The van der Waals surface area contributed by atoms with E-state index in [0.29, 0.717) is 0 Å². The van der Waals surface area contributed by atoms with E-state index in [1.54, 1.807) is 13.0 Å². The molecular weight excluding hydrogens is 278 g/mol. The summed E-state index contributed by atoms with van der Waals surface area (Å²) in [6.45, 7) is 5.67. The summed E-state index contributed by atoms with van der Waals surface area (Å²) in [5.41, 5.74) is 4.06. The summed E-state index contributed by atoms with van der Waals surface area (Å²) in [5.74, 6) is 0. The van der Waals surface area contributed by atoms with E-state index in [2.05, 4.69) is 0 Å². The Morgan fingerprint density at radius 1 is 1.00 bits per heavy atom. The second kappa shape index (κ2) is 7.16. The molecule has 0 N–H and O–H groups in total. The zero-order valence-electron chi connectivity index (χ0n) is 12.6. The van der Waals surface area contributed by atoms with E-state index in [4.69, 9.17) is 0 Å². The van der Waals surface area contributed by atoms with Crippen LogP contribution >= 0.6 is 8.03 Å². The van der Waals surface area contributed by atoms with Crippen LogP contribution in [0.5, 0.6) is 0 Å². The van der Waals surface area contributed by atoms with Gasteiger partial charge in [0.25, 0.3) is 0 Å². The Morgan fingerprint density at radius 2 is 1.57 bits per heavy atom. The SMILES string of the molecule is Cc1c(C(=O)[P+](=O)[O-])cc(-c2ccccc2)c(C)c1C.[Li+]. The maximum atomic E-state index is 11.8. The van der Waals surface area contributed by atoms with Gasteiger partial charge in [0, 0.05) is 0 Å². The molecule has 102 valence electrons. The predicted octanol–water partition coefficient (Wildman–Crippen LogP) is 0.526. The zero-order chi connectivity index (χ0) is 14.9. The number of benzene rings is 2. The van der Waals surface area contributed by atoms with E-state index in [1.807, 2.05) is 44.2 Å². The average Bonchev–Trinajstić information content (AvgIpc) is 2.45. The molecule has 1 unspecified atom stereocenters. The van der Waals surface area contributed by atoms with Gasteiger partial charge in [-0.25, -0.2) is 4.79 Å². The average molecular weight is 293 g/mol. The van der Waals surface area contributed by atoms with Crippen LogP contribution in [0.2, 0.25) is 0 Å². The van der Waals surface area contributed by atoms with Crippen molar-refractivity contribution in [1.29, 1.82) is 0 Å². The topological polar surface area (TPSA) is 57.2 Å². The fourth-order valence-electron chi connectivity index (χ4n) is 2.28. The molecule has 0 fully saturated rings. The largest absolute Gasteiger partial charge is 1.00 e. The molecule has 0 saturated carbocycles. The van der Waals surface area contributed by atoms with E-state index in [-0.39, 0.29) is 24.4 Å². The van der Waals surface area contributed by atoms with Gasteiger partial charge in [-0.1, -0.05) is 34.9 Å². The molecule has 0 radical (unpaired) electrons. The molecule has 21 heavy (non-hydrogen) atoms. The quantitative estimate of drug-likeness (QED) is 0.612. The van der Waals surface area contributed by atoms with Gasteiger partial charge < -0.3 is 4.89 Å². The van der Waals surface area contributed by atoms with Gasteiger partial charge in [-0.2, -0.15) is 0 Å². The molecule has 2 aromatic carbocycles. The van der Waals surface area contributed by atoms with Gasteiger partial charge >= 0.3 is 32.4 Å². The Labute approximate surface area is 137 Å². The maximum Gasteiger partial charge on any atom is 1.00 e. The van der Waals surface area contributed by atoms with Crippen LogP contribution in [-0.2, 0) is 4.57 Å². The second-order valence-corrected chi connectivity index (χ2v) is 5.70. The van der Waals surface area contributed by atoms with Crippen molar-refractivity contribution in [3.05, 3.63) is 58.7 Å². The van der Waals surface area contributed by atoms with Crippen molar-refractivity contribution in [1.82, 2.24) is 0 Å². The maximum absolute atomic E-state index is 11.8. The summed E-state index contributed by atoms with van der Waals surface area (Å²) >= 11 is 0. The minimum absolute atomic E-state index is 0. The van der Waals surface area contributed by atoms with Gasteiger partial charge in [0.05, 0.1) is 5.56 Å². The molecule has 5 heteroatoms. The third-order valence-corrected chi connectivity index (χ3v) is 4.28. The molecule has 0 aromatic heterocycles. The van der Waals surface area contributed by atoms with Crippen LogP contribution in [0.25, 0.3) is 11.1 Å². The Bertz CT molecular complexity index is 696. The second-order valence-electron chi connectivity index (χ2n) is 4.77. The van der Waals surface area contributed by atoms with Crippen molar-refractivity contribution in [2.75, 3.05) is 0 Å². The molecule has 3 nitrogen and oxygen atoms in total. The smallest absolute Gasteiger partial charge is 0.588 e. The number of carbonyl (C=O) groups is 1. The summed E-state index contributed by atoms with van der Waals surface area (Å²) in [7, 11) is -3.10. The summed E-state index contributed by atoms with van der Waals surface area (Å²) in [6.07, 6.45) is 0. The molecule has 1 atom stereocenters. The molecule has 0 aliphatic carbocycles. The van der Waals surface area contributed by atoms with E-state index >= 15 is 0 Å². The molecule has 0 saturated heterocycles. The van der Waals surface area contributed by atoms with Crippen LogP contribution in [0.15, 0.2) is 36.4 Å². The van der Waals surface area contributed by atoms with Crippen LogP contribution in [0.4, 0.5) is 0 Å². The van der Waals surface area contributed by atoms with Gasteiger partial charge in [-0.3, -0.25) is 0 Å². The Kier molecular flexibility index (Phi) is 6.07. The van der Waals surface area contributed by atoms with E-state index in [1.165, 1.54) is 0 Å². The van der Waals surface area contributed by atoms with Crippen LogP contribution in [-0.4, -0.2) is 5.52 Å². The third kappa shape index (κ3) is 3.51. The van der Waals surface area contributed by atoms with E-state index in [9.17, 15) is 14.3 Å². The van der Waals surface area contributed by atoms with Crippen LogP contribution < -0.4 is 23.8 Å². The standard InChI is InChI=1S/C16H15O3P.Li/c1-10-11(2)14(13-7-5-4-6-8-13)9-15(12(10)3)16(17)20(18)19;/h4-9H,1-3H3;/q;+1. The molecular formula is C16H15LiO3P+. The van der Waals surface area contributed by atoms with Crippen molar-refractivity contribution in [3.8, 4) is 11.1 Å². The number of rotatable bonds is 3. The molecule has 0 spiro atoms. The van der Waals surface area contributed by atoms with Gasteiger partial charge in [-0.05, 0) is 54.7 Å². The van der Waals surface area contributed by atoms with Crippen molar-refractivity contribution in [2.45, 2.75) is 20.8 Å². The van der Waals surface area contributed by atoms with Gasteiger partial charge in [0.15, 0.2) is 0 Å². The van der Waals surface area contributed by atoms with E-state index in [0.717, 1.165) is 27.8 Å². The Morgan fingerprint density at radius 3 is 2.10 bits per heavy atom. The first kappa shape index (κ1) is 17.8. The first-order chi connectivity index (χ1) is 9.43. The summed E-state index contributed by atoms with van der Waals surface area (Å²) in [4.78, 5) is 22.8. The van der Waals surface area contributed by atoms with Crippen LogP contribution in [0.3, 0.4) is 0 Å². The normalized spacial score (nSPS) is 10.8. The minimum Gasteiger partial charge on any atom is -0.588 e. The minimum atomic E-state index is -3.10. The van der Waals surface area contributed by atoms with Crippen molar-refractivity contribution in [3.63, 3.8) is 0 Å². The van der Waals surface area contributed by atoms with Gasteiger partial charge in [0.1, 0.15) is 0 Å². The van der Waals surface area contributed by atoms with Crippen LogP contribution in [0.1, 0.15) is 27.0 Å². The predicted molar refractivity (Wildman–Crippen MR) is 78.0 cm³/mol. The number of hydrogen-bond donors (Lipinski definition) is 0. The monoisotopic (exact) mass is 293 g/mol. The fourth-order valence-corrected chi connectivity index (χ4v) is 2.71. The molecule has 0 heterocycles. The third-order valence-electron chi connectivity index (χ3n) is 3.70. The summed E-state index contributed by atoms with van der Waals surface area (Å²) < 4.78 is 11.0. The number of hydrogen-bond acceptors (Lipinski definition) is 3. The van der Waals surface area contributed by atoms with Crippen molar-refractivity contribution >= 4 is 13.6 Å². The Hall–Kier alpha value is -1.23. The fraction of sp³-hybridized carbons (Fsp3) is 0.188. The van der Waals surface area contributed by atoms with E-state index < -0.39 is 13.6 Å². The molecule has 0 amide bonds. The Balaban J connectivity index is 0.00000220. The molecule has 0 aliphatic heterocycles. The van der Waals surface area contributed by atoms with Crippen molar-refractivity contribution in [2.24, 2.45) is 0 Å². The molecule has 2 aromatic rings. The molecule has 0 bridgehead atoms. The zero-order valence-corrected chi connectivity index (χ0v) is 13.5. The van der Waals surface area contributed by atoms with Gasteiger partial charge in [0.2, 0.25) is 0 Å². The summed E-state index contributed by atoms with van der Waals surface area (Å²) in [6, 6.07) is 11.3. The molecule has 0 aliphatic rings. The number of carbonyl (C=O) groups excluding carboxylic acids is 1. The first-order valence-corrected chi connectivity index (χ1v) is 7.46. The molecule has 2 rings (SSSR count). The van der Waals surface area contributed by atoms with Crippen molar-refractivity contribution < 1.29 is 33.1 Å². The summed E-state index contributed by atoms with van der Waals surface area (Å²) in [5, 5.41) is 0. The van der Waals surface area contributed by atoms with Gasteiger partial charge in [-0.15, -0.1) is 0 Å².